The maximum Gasteiger partial charge on any atom is 0.0451 e. The van der Waals surface area contributed by atoms with Crippen LogP contribution in [0.4, 0.5) is 0 Å². The predicted octanol–water partition coefficient (Wildman–Crippen LogP) is 2.51. The first kappa shape index (κ1) is 12.5. The van der Waals surface area contributed by atoms with Gasteiger partial charge in [-0.15, -0.1) is 0 Å². The molecule has 0 heterocycles. The third kappa shape index (κ3) is 4.65. The van der Waals surface area contributed by atoms with Gasteiger partial charge in [-0.1, -0.05) is 29.8 Å². The van der Waals surface area contributed by atoms with Crippen LogP contribution in [-0.2, 0) is 6.54 Å². The highest BCUT2D eigenvalue weighted by molar-refractivity contribution is 6.31. The lowest BCUT2D eigenvalue weighted by atomic mass is 10.2. The Hall–Kier alpha value is -0.570. The van der Waals surface area contributed by atoms with Gasteiger partial charge in [0.1, 0.15) is 0 Å². The van der Waals surface area contributed by atoms with Crippen molar-refractivity contribution in [2.75, 3.05) is 20.1 Å². The molecule has 0 spiro atoms. The Kier molecular flexibility index (Phi) is 5.69. The van der Waals surface area contributed by atoms with E-state index >= 15 is 0 Å². The van der Waals surface area contributed by atoms with Gasteiger partial charge >= 0.3 is 0 Å². The molecule has 84 valence electrons. The molecule has 0 aliphatic rings. The summed E-state index contributed by atoms with van der Waals surface area (Å²) >= 11 is 6.08. The van der Waals surface area contributed by atoms with Crippen LogP contribution in [0.2, 0.25) is 5.02 Å². The van der Waals surface area contributed by atoms with Crippen LogP contribution in [0.3, 0.4) is 0 Å². The molecule has 0 aliphatic heterocycles. The maximum atomic E-state index is 6.08. The van der Waals surface area contributed by atoms with Crippen molar-refractivity contribution < 1.29 is 0 Å². The largest absolute Gasteiger partial charge is 0.330 e. The fourth-order valence-corrected chi connectivity index (χ4v) is 1.72. The van der Waals surface area contributed by atoms with Crippen molar-refractivity contribution in [1.29, 1.82) is 0 Å². The summed E-state index contributed by atoms with van der Waals surface area (Å²) in [5.41, 5.74) is 6.64. The molecule has 2 N–H and O–H groups in total. The second-order valence-corrected chi connectivity index (χ2v) is 4.23. The highest BCUT2D eigenvalue weighted by atomic mass is 35.5. The van der Waals surface area contributed by atoms with E-state index in [1.807, 2.05) is 18.2 Å². The summed E-state index contributed by atoms with van der Waals surface area (Å²) in [7, 11) is 2.11. The minimum absolute atomic E-state index is 0.778. The third-order valence-electron chi connectivity index (χ3n) is 2.39. The van der Waals surface area contributed by atoms with Crippen LogP contribution in [0.25, 0.3) is 0 Å². The van der Waals surface area contributed by atoms with E-state index in [1.54, 1.807) is 0 Å². The van der Waals surface area contributed by atoms with Gasteiger partial charge in [0.2, 0.25) is 0 Å². The topological polar surface area (TPSA) is 29.3 Å². The van der Waals surface area contributed by atoms with Crippen molar-refractivity contribution in [3.63, 3.8) is 0 Å². The first-order chi connectivity index (χ1) is 7.24. The van der Waals surface area contributed by atoms with E-state index in [9.17, 15) is 0 Å². The van der Waals surface area contributed by atoms with Gasteiger partial charge in [-0.2, -0.15) is 0 Å². The number of unbranched alkanes of at least 4 members (excludes halogenated alkanes) is 1. The van der Waals surface area contributed by atoms with Gasteiger partial charge < -0.3 is 10.6 Å². The number of rotatable bonds is 6. The number of benzene rings is 1. The fourth-order valence-electron chi connectivity index (χ4n) is 1.52. The molecule has 0 fully saturated rings. The summed E-state index contributed by atoms with van der Waals surface area (Å²) < 4.78 is 0. The van der Waals surface area contributed by atoms with Crippen LogP contribution in [0.5, 0.6) is 0 Å². The van der Waals surface area contributed by atoms with Crippen LogP contribution >= 0.6 is 11.6 Å². The molecular formula is C12H19ClN2. The van der Waals surface area contributed by atoms with E-state index in [-0.39, 0.29) is 0 Å². The van der Waals surface area contributed by atoms with Crippen molar-refractivity contribution in [3.05, 3.63) is 34.9 Å². The predicted molar refractivity (Wildman–Crippen MR) is 66.1 cm³/mol. The van der Waals surface area contributed by atoms with Crippen LogP contribution in [0, 0.1) is 0 Å². The lowest BCUT2D eigenvalue weighted by Crippen LogP contribution is -2.20. The molecule has 0 radical (unpaired) electrons. The Morgan fingerprint density at radius 1 is 1.27 bits per heavy atom. The fraction of sp³-hybridized carbons (Fsp3) is 0.500. The normalized spacial score (nSPS) is 10.9. The van der Waals surface area contributed by atoms with Crippen LogP contribution in [0.1, 0.15) is 18.4 Å². The first-order valence-electron chi connectivity index (χ1n) is 5.36. The molecule has 1 aromatic carbocycles. The number of nitrogens with two attached hydrogens (primary N) is 1. The van der Waals surface area contributed by atoms with Gasteiger partial charge in [-0.05, 0) is 44.6 Å². The van der Waals surface area contributed by atoms with Crippen molar-refractivity contribution in [2.45, 2.75) is 19.4 Å². The molecule has 0 aliphatic carbocycles. The van der Waals surface area contributed by atoms with Gasteiger partial charge in [-0.25, -0.2) is 0 Å². The van der Waals surface area contributed by atoms with E-state index in [2.05, 4.69) is 18.0 Å². The molecule has 15 heavy (non-hydrogen) atoms. The summed E-state index contributed by atoms with van der Waals surface area (Å²) in [5, 5.41) is 0.850. The van der Waals surface area contributed by atoms with Gasteiger partial charge in [-0.3, -0.25) is 0 Å². The summed E-state index contributed by atoms with van der Waals surface area (Å²) in [5.74, 6) is 0. The van der Waals surface area contributed by atoms with Crippen LogP contribution in [-0.4, -0.2) is 25.0 Å². The Bertz CT molecular complexity index is 289. The highest BCUT2D eigenvalue weighted by Crippen LogP contribution is 2.16. The Balaban J connectivity index is 2.37. The quantitative estimate of drug-likeness (QED) is 0.756. The minimum atomic E-state index is 0.778. The SMILES string of the molecule is CN(CCCCN)Cc1ccccc1Cl. The monoisotopic (exact) mass is 226 g/mol. The third-order valence-corrected chi connectivity index (χ3v) is 2.76. The second kappa shape index (κ2) is 6.83. The zero-order chi connectivity index (χ0) is 11.1. The summed E-state index contributed by atoms with van der Waals surface area (Å²) in [6.45, 7) is 2.76. The highest BCUT2D eigenvalue weighted by Gasteiger charge is 2.02. The molecule has 0 atom stereocenters. The number of hydrogen-bond donors (Lipinski definition) is 1. The Morgan fingerprint density at radius 3 is 2.67 bits per heavy atom. The summed E-state index contributed by atoms with van der Waals surface area (Å²) in [6.07, 6.45) is 2.24. The van der Waals surface area contributed by atoms with Gasteiger partial charge in [0.15, 0.2) is 0 Å². The van der Waals surface area contributed by atoms with Gasteiger partial charge in [0.25, 0.3) is 0 Å². The van der Waals surface area contributed by atoms with Crippen molar-refractivity contribution in [1.82, 2.24) is 4.90 Å². The smallest absolute Gasteiger partial charge is 0.0451 e. The Morgan fingerprint density at radius 2 is 2.00 bits per heavy atom. The molecule has 0 saturated carbocycles. The van der Waals surface area contributed by atoms with E-state index in [4.69, 9.17) is 17.3 Å². The lowest BCUT2D eigenvalue weighted by molar-refractivity contribution is 0.319. The molecule has 0 saturated heterocycles. The molecule has 0 bridgehead atoms. The average molecular weight is 227 g/mol. The number of halogens is 1. The van der Waals surface area contributed by atoms with Gasteiger partial charge in [0.05, 0.1) is 0 Å². The molecule has 0 amide bonds. The second-order valence-electron chi connectivity index (χ2n) is 3.82. The standard InChI is InChI=1S/C12H19ClN2/c1-15(9-5-4-8-14)10-11-6-2-3-7-12(11)13/h2-3,6-7H,4-5,8-10,14H2,1H3. The van der Waals surface area contributed by atoms with Crippen LogP contribution in [0.15, 0.2) is 24.3 Å². The zero-order valence-electron chi connectivity index (χ0n) is 9.25. The van der Waals surface area contributed by atoms with Crippen molar-refractivity contribution in [2.24, 2.45) is 5.73 Å². The molecular weight excluding hydrogens is 208 g/mol. The molecule has 3 heteroatoms. The summed E-state index contributed by atoms with van der Waals surface area (Å²) in [4.78, 5) is 2.27. The number of hydrogen-bond acceptors (Lipinski definition) is 2. The average Bonchev–Trinajstić information content (AvgIpc) is 2.22. The minimum Gasteiger partial charge on any atom is -0.330 e. The zero-order valence-corrected chi connectivity index (χ0v) is 10.0. The van der Waals surface area contributed by atoms with E-state index in [0.717, 1.165) is 37.5 Å². The maximum absolute atomic E-state index is 6.08. The molecule has 2 nitrogen and oxygen atoms in total. The van der Waals surface area contributed by atoms with Crippen molar-refractivity contribution in [3.8, 4) is 0 Å². The number of nitrogens with zero attached hydrogens (tertiary/aromatic N) is 1. The summed E-state index contributed by atoms with van der Waals surface area (Å²) in [6, 6.07) is 7.99. The van der Waals surface area contributed by atoms with E-state index in [0.29, 0.717) is 0 Å². The van der Waals surface area contributed by atoms with Crippen LogP contribution < -0.4 is 5.73 Å². The molecule has 0 unspecified atom stereocenters. The molecule has 0 aromatic heterocycles. The molecule has 1 rings (SSSR count). The van der Waals surface area contributed by atoms with E-state index < -0.39 is 0 Å². The Labute approximate surface area is 97.0 Å². The van der Waals surface area contributed by atoms with E-state index in [1.165, 1.54) is 5.56 Å². The van der Waals surface area contributed by atoms with Crippen molar-refractivity contribution >= 4 is 11.6 Å². The first-order valence-corrected chi connectivity index (χ1v) is 5.74. The van der Waals surface area contributed by atoms with Gasteiger partial charge in [0, 0.05) is 11.6 Å². The lowest BCUT2D eigenvalue weighted by Gasteiger charge is -2.17. The molecule has 1 aromatic rings.